The minimum absolute atomic E-state index is 0.0109. The highest BCUT2D eigenvalue weighted by atomic mass is 32.2. The molecule has 0 aromatic heterocycles. The predicted octanol–water partition coefficient (Wildman–Crippen LogP) is 1.40. The molecule has 2 unspecified atom stereocenters. The predicted molar refractivity (Wildman–Crippen MR) is 75.0 cm³/mol. The zero-order chi connectivity index (χ0) is 16.2. The van der Waals surface area contributed by atoms with Crippen LogP contribution in [0, 0.1) is 5.41 Å². The number of carbonyl (C=O) groups excluding carboxylic acids is 3. The molecule has 0 aromatic carbocycles. The van der Waals surface area contributed by atoms with Crippen LogP contribution in [-0.4, -0.2) is 36.9 Å². The fraction of sp³-hybridized carbons (Fsp3) is 0.769. The van der Waals surface area contributed by atoms with E-state index in [0.717, 1.165) is 6.42 Å². The molecule has 0 bridgehead atoms. The number of hydroxylamine groups is 2. The van der Waals surface area contributed by atoms with E-state index in [0.29, 0.717) is 11.5 Å². The van der Waals surface area contributed by atoms with E-state index in [1.165, 1.54) is 0 Å². The summed E-state index contributed by atoms with van der Waals surface area (Å²) in [4.78, 5) is 39.2. The summed E-state index contributed by atoms with van der Waals surface area (Å²) >= 11 is -2.41. The third-order valence-electron chi connectivity index (χ3n) is 3.09. The van der Waals surface area contributed by atoms with Crippen LogP contribution in [0.3, 0.4) is 0 Å². The Morgan fingerprint density at radius 1 is 1.33 bits per heavy atom. The highest BCUT2D eigenvalue weighted by Gasteiger charge is 2.36. The molecule has 2 atom stereocenters. The summed E-state index contributed by atoms with van der Waals surface area (Å²) in [6, 6.07) is 0. The molecule has 1 saturated heterocycles. The second-order valence-electron chi connectivity index (χ2n) is 6.21. The van der Waals surface area contributed by atoms with Crippen LogP contribution >= 0.6 is 0 Å². The maximum atomic E-state index is 11.9. The van der Waals surface area contributed by atoms with Gasteiger partial charge >= 0.3 is 5.97 Å². The van der Waals surface area contributed by atoms with Crippen molar-refractivity contribution in [1.82, 2.24) is 5.06 Å². The smallest absolute Gasteiger partial charge is 0.329 e. The normalized spacial score (nSPS) is 18.8. The Labute approximate surface area is 126 Å². The Hall–Kier alpha value is -1.28. The maximum absolute atomic E-state index is 11.9. The van der Waals surface area contributed by atoms with Crippen molar-refractivity contribution in [2.24, 2.45) is 5.41 Å². The Morgan fingerprint density at radius 3 is 2.29 bits per heavy atom. The fourth-order valence-corrected chi connectivity index (χ4v) is 2.50. The largest absolute Gasteiger partial charge is 0.351 e. The second kappa shape index (κ2) is 7.13. The number of carbonyl (C=O) groups is 3. The summed E-state index contributed by atoms with van der Waals surface area (Å²) in [6.07, 6.45) is 1.48. The summed E-state index contributed by atoms with van der Waals surface area (Å²) < 4.78 is 20.5. The molecule has 1 heterocycles. The van der Waals surface area contributed by atoms with Gasteiger partial charge in [0.25, 0.3) is 11.8 Å². The third kappa shape index (κ3) is 5.55. The monoisotopic (exact) mass is 319 g/mol. The molecule has 1 aliphatic heterocycles. The summed E-state index contributed by atoms with van der Waals surface area (Å²) in [5, 5.41) is -0.861. The van der Waals surface area contributed by atoms with Crippen LogP contribution in [0.1, 0.15) is 52.9 Å². The van der Waals surface area contributed by atoms with Crippen molar-refractivity contribution in [3.8, 4) is 0 Å². The van der Waals surface area contributed by atoms with E-state index in [9.17, 15) is 23.1 Å². The van der Waals surface area contributed by atoms with Crippen molar-refractivity contribution in [2.75, 3.05) is 0 Å². The minimum Gasteiger partial charge on any atom is -0.329 e. The van der Waals surface area contributed by atoms with Gasteiger partial charge in [0.15, 0.2) is 16.3 Å². The lowest BCUT2D eigenvalue weighted by Gasteiger charge is -2.20. The van der Waals surface area contributed by atoms with Gasteiger partial charge in [-0.1, -0.05) is 27.2 Å². The number of nitrogens with zero attached hydrogens (tertiary/aromatic N) is 1. The summed E-state index contributed by atoms with van der Waals surface area (Å²) in [5.41, 5.74) is 0.0479. The van der Waals surface area contributed by atoms with E-state index in [1.54, 1.807) is 0 Å². The molecular formula is C13H21NO6S. The van der Waals surface area contributed by atoms with Gasteiger partial charge in [0.05, 0.1) is 0 Å². The number of hydrogen-bond donors (Lipinski definition) is 1. The number of amides is 2. The van der Waals surface area contributed by atoms with E-state index in [1.807, 2.05) is 20.8 Å². The van der Waals surface area contributed by atoms with Gasteiger partial charge in [0.2, 0.25) is 0 Å². The van der Waals surface area contributed by atoms with Crippen molar-refractivity contribution >= 4 is 28.9 Å². The van der Waals surface area contributed by atoms with Crippen LogP contribution in [0.25, 0.3) is 0 Å². The second-order valence-corrected chi connectivity index (χ2v) is 7.33. The van der Waals surface area contributed by atoms with Crippen molar-refractivity contribution in [1.29, 1.82) is 0 Å². The SMILES string of the molecule is CC(C)(C)CCCC(C(=O)ON1C(=O)CCC1=O)S(=O)O. The Morgan fingerprint density at radius 2 is 1.86 bits per heavy atom. The van der Waals surface area contributed by atoms with Crippen molar-refractivity contribution in [2.45, 2.75) is 58.1 Å². The molecule has 0 aromatic rings. The molecule has 1 fully saturated rings. The maximum Gasteiger partial charge on any atom is 0.351 e. The third-order valence-corrected chi connectivity index (χ3v) is 4.00. The summed E-state index contributed by atoms with van der Waals surface area (Å²) in [7, 11) is 0. The van der Waals surface area contributed by atoms with E-state index in [2.05, 4.69) is 4.84 Å². The van der Waals surface area contributed by atoms with Crippen LogP contribution in [0.5, 0.6) is 0 Å². The van der Waals surface area contributed by atoms with Gasteiger partial charge in [0, 0.05) is 12.8 Å². The lowest BCUT2D eigenvalue weighted by atomic mass is 9.89. The van der Waals surface area contributed by atoms with E-state index in [-0.39, 0.29) is 24.7 Å². The molecule has 21 heavy (non-hydrogen) atoms. The number of rotatable bonds is 6. The van der Waals surface area contributed by atoms with Crippen molar-refractivity contribution in [3.05, 3.63) is 0 Å². The van der Waals surface area contributed by atoms with E-state index < -0.39 is 34.1 Å². The van der Waals surface area contributed by atoms with Crippen LogP contribution in [0.15, 0.2) is 0 Å². The van der Waals surface area contributed by atoms with Crippen molar-refractivity contribution in [3.63, 3.8) is 0 Å². The fourth-order valence-electron chi connectivity index (χ4n) is 1.93. The Balaban J connectivity index is 2.59. The first-order valence-corrected chi connectivity index (χ1v) is 7.96. The highest BCUT2D eigenvalue weighted by molar-refractivity contribution is 7.80. The summed E-state index contributed by atoms with van der Waals surface area (Å²) in [6.45, 7) is 6.08. The molecule has 120 valence electrons. The molecule has 0 aliphatic carbocycles. The van der Waals surface area contributed by atoms with Crippen LogP contribution in [0.2, 0.25) is 0 Å². The van der Waals surface area contributed by atoms with Crippen LogP contribution in [0.4, 0.5) is 0 Å². The van der Waals surface area contributed by atoms with Gasteiger partial charge < -0.3 is 9.39 Å². The Kier molecular flexibility index (Phi) is 6.03. The molecule has 1 rings (SSSR count). The van der Waals surface area contributed by atoms with Gasteiger partial charge in [-0.05, 0) is 18.3 Å². The van der Waals surface area contributed by atoms with Crippen LogP contribution < -0.4 is 0 Å². The molecule has 0 saturated carbocycles. The van der Waals surface area contributed by atoms with Gasteiger partial charge in [-0.2, -0.15) is 0 Å². The topological polar surface area (TPSA) is 101 Å². The first kappa shape index (κ1) is 17.8. The number of hydrogen-bond acceptors (Lipinski definition) is 5. The minimum atomic E-state index is -2.41. The summed E-state index contributed by atoms with van der Waals surface area (Å²) in [5.74, 6) is -2.23. The number of imide groups is 1. The van der Waals surface area contributed by atoms with Crippen LogP contribution in [-0.2, 0) is 30.3 Å². The Bertz CT molecular complexity index is 440. The van der Waals surface area contributed by atoms with E-state index in [4.69, 9.17) is 0 Å². The quantitative estimate of drug-likeness (QED) is 0.586. The van der Waals surface area contributed by atoms with Crippen molar-refractivity contribution < 1.29 is 28.0 Å². The highest BCUT2D eigenvalue weighted by Crippen LogP contribution is 2.23. The molecule has 0 spiro atoms. The van der Waals surface area contributed by atoms with Gasteiger partial charge in [0.1, 0.15) is 0 Å². The first-order valence-electron chi connectivity index (χ1n) is 6.79. The standard InChI is InChI=1S/C13H21NO6S/c1-13(2,3)8-4-5-9(21(18)19)12(17)20-14-10(15)6-7-11(14)16/h9H,4-8H2,1-3H3,(H,18,19). The van der Waals surface area contributed by atoms with Gasteiger partial charge in [-0.15, -0.1) is 5.06 Å². The molecule has 0 radical (unpaired) electrons. The van der Waals surface area contributed by atoms with E-state index >= 15 is 0 Å². The molecule has 1 N–H and O–H groups in total. The lowest BCUT2D eigenvalue weighted by molar-refractivity contribution is -0.197. The van der Waals surface area contributed by atoms with Gasteiger partial charge in [-0.25, -0.2) is 9.00 Å². The molecule has 8 heteroatoms. The molecule has 1 aliphatic rings. The first-order chi connectivity index (χ1) is 9.61. The van der Waals surface area contributed by atoms with Gasteiger partial charge in [-0.3, -0.25) is 9.59 Å². The molecular weight excluding hydrogens is 298 g/mol. The molecule has 7 nitrogen and oxygen atoms in total. The average Bonchev–Trinajstić information content (AvgIpc) is 2.64. The zero-order valence-electron chi connectivity index (χ0n) is 12.5. The average molecular weight is 319 g/mol. The molecule has 2 amide bonds. The zero-order valence-corrected chi connectivity index (χ0v) is 13.3. The lowest BCUT2D eigenvalue weighted by Crippen LogP contribution is -2.38.